The van der Waals surface area contributed by atoms with Crippen molar-refractivity contribution in [2.24, 2.45) is 0 Å². The van der Waals surface area contributed by atoms with Gasteiger partial charge in [0.25, 0.3) is 5.69 Å². The summed E-state index contributed by atoms with van der Waals surface area (Å²) in [6.45, 7) is 1.94. The Morgan fingerprint density at radius 3 is 2.81 bits per heavy atom. The number of hydrogen-bond acceptors (Lipinski definition) is 4. The quantitative estimate of drug-likeness (QED) is 0.639. The van der Waals surface area contributed by atoms with Gasteiger partial charge < -0.3 is 5.32 Å². The first-order valence-corrected chi connectivity index (χ1v) is 6.12. The highest BCUT2D eigenvalue weighted by atomic mass is 32.2. The second kappa shape index (κ2) is 5.69. The van der Waals surface area contributed by atoms with E-state index in [0.717, 1.165) is 11.8 Å². The number of nitro benzene ring substituents is 1. The Labute approximate surface area is 97.4 Å². The lowest BCUT2D eigenvalue weighted by Crippen LogP contribution is -2.17. The van der Waals surface area contributed by atoms with Gasteiger partial charge in [-0.3, -0.25) is 10.1 Å². The molecule has 1 aromatic carbocycles. The van der Waals surface area contributed by atoms with Crippen molar-refractivity contribution >= 4 is 23.1 Å². The van der Waals surface area contributed by atoms with Crippen LogP contribution < -0.4 is 5.32 Å². The van der Waals surface area contributed by atoms with Crippen LogP contribution in [-0.2, 0) is 0 Å². The Kier molecular flexibility index (Phi) is 4.54. The molecule has 0 saturated carbocycles. The summed E-state index contributed by atoms with van der Waals surface area (Å²) in [5.74, 6) is 0.248. The number of rotatable bonds is 5. The van der Waals surface area contributed by atoms with Crippen LogP contribution in [0.3, 0.4) is 0 Å². The first-order chi connectivity index (χ1) is 7.52. The van der Waals surface area contributed by atoms with Crippen molar-refractivity contribution in [1.29, 1.82) is 0 Å². The largest absolute Gasteiger partial charge is 0.381 e. The summed E-state index contributed by atoms with van der Waals surface area (Å²) in [5.41, 5.74) is 0.201. The molecule has 0 saturated heterocycles. The zero-order valence-electron chi connectivity index (χ0n) is 9.07. The van der Waals surface area contributed by atoms with Crippen molar-refractivity contribution in [3.05, 3.63) is 34.1 Å². The van der Waals surface area contributed by atoms with E-state index in [1.54, 1.807) is 11.8 Å². The molecule has 1 unspecified atom stereocenters. The Bertz CT molecular complexity index is 387. The second-order valence-electron chi connectivity index (χ2n) is 3.46. The van der Waals surface area contributed by atoms with Crippen molar-refractivity contribution in [2.75, 3.05) is 17.3 Å². The molecule has 0 amide bonds. The maximum absolute atomic E-state index is 13.1. The van der Waals surface area contributed by atoms with Gasteiger partial charge in [0.05, 0.1) is 11.0 Å². The van der Waals surface area contributed by atoms with Crippen LogP contribution in [0.5, 0.6) is 0 Å². The number of non-ortho nitro benzene ring substituents is 1. The van der Waals surface area contributed by atoms with Gasteiger partial charge in [0.2, 0.25) is 0 Å². The lowest BCUT2D eigenvalue weighted by Gasteiger charge is -2.13. The maximum atomic E-state index is 13.1. The molecule has 0 aliphatic carbocycles. The number of halogens is 1. The molecule has 1 aromatic rings. The zero-order chi connectivity index (χ0) is 12.1. The van der Waals surface area contributed by atoms with E-state index < -0.39 is 10.7 Å². The van der Waals surface area contributed by atoms with Crippen LogP contribution >= 0.6 is 11.8 Å². The molecular formula is C10H13FN2O2S. The number of hydrogen-bond donors (Lipinski definition) is 1. The summed E-state index contributed by atoms with van der Waals surface area (Å²) in [7, 11) is 0. The predicted molar refractivity (Wildman–Crippen MR) is 64.5 cm³/mol. The van der Waals surface area contributed by atoms with Gasteiger partial charge in [0, 0.05) is 23.5 Å². The minimum atomic E-state index is -0.604. The first kappa shape index (κ1) is 12.8. The highest BCUT2D eigenvalue weighted by Gasteiger charge is 2.10. The van der Waals surface area contributed by atoms with E-state index in [9.17, 15) is 14.5 Å². The van der Waals surface area contributed by atoms with Gasteiger partial charge in [0.15, 0.2) is 0 Å². The van der Waals surface area contributed by atoms with Gasteiger partial charge in [-0.25, -0.2) is 4.39 Å². The van der Waals surface area contributed by atoms with Crippen LogP contribution in [0.25, 0.3) is 0 Å². The molecule has 6 heteroatoms. The van der Waals surface area contributed by atoms with E-state index in [0.29, 0.717) is 5.69 Å². The molecule has 0 aliphatic rings. The van der Waals surface area contributed by atoms with Crippen molar-refractivity contribution in [1.82, 2.24) is 0 Å². The van der Waals surface area contributed by atoms with Crippen LogP contribution in [0.2, 0.25) is 0 Å². The summed E-state index contributed by atoms with van der Waals surface area (Å²) >= 11 is 1.65. The lowest BCUT2D eigenvalue weighted by atomic mass is 10.2. The SMILES string of the molecule is CSCC(C)Nc1cc(F)cc([N+](=O)[O-])c1. The third kappa shape index (κ3) is 3.69. The Balaban J connectivity index is 2.84. The van der Waals surface area contributed by atoms with E-state index in [-0.39, 0.29) is 11.7 Å². The van der Waals surface area contributed by atoms with Gasteiger partial charge in [0.1, 0.15) is 5.82 Å². The molecular weight excluding hydrogens is 231 g/mol. The fourth-order valence-electron chi connectivity index (χ4n) is 1.34. The maximum Gasteiger partial charge on any atom is 0.274 e. The van der Waals surface area contributed by atoms with Crippen LogP contribution in [0.4, 0.5) is 15.8 Å². The highest BCUT2D eigenvalue weighted by Crippen LogP contribution is 2.20. The normalized spacial score (nSPS) is 12.2. The molecule has 0 bridgehead atoms. The molecule has 4 nitrogen and oxygen atoms in total. The van der Waals surface area contributed by atoms with Gasteiger partial charge in [-0.2, -0.15) is 11.8 Å². The highest BCUT2D eigenvalue weighted by molar-refractivity contribution is 7.98. The number of thioether (sulfide) groups is 1. The molecule has 0 fully saturated rings. The van der Waals surface area contributed by atoms with E-state index in [1.807, 2.05) is 13.2 Å². The number of anilines is 1. The smallest absolute Gasteiger partial charge is 0.274 e. The Hall–Kier alpha value is -1.30. The Morgan fingerprint density at radius 1 is 1.56 bits per heavy atom. The van der Waals surface area contributed by atoms with E-state index in [2.05, 4.69) is 5.32 Å². The van der Waals surface area contributed by atoms with E-state index >= 15 is 0 Å². The topological polar surface area (TPSA) is 55.2 Å². The van der Waals surface area contributed by atoms with Crippen molar-refractivity contribution < 1.29 is 9.31 Å². The number of nitrogens with zero attached hydrogens (tertiary/aromatic N) is 1. The molecule has 1 atom stereocenters. The fourth-order valence-corrected chi connectivity index (χ4v) is 1.92. The monoisotopic (exact) mass is 244 g/mol. The van der Waals surface area contributed by atoms with E-state index in [4.69, 9.17) is 0 Å². The zero-order valence-corrected chi connectivity index (χ0v) is 9.88. The molecule has 0 aliphatic heterocycles. The molecule has 1 rings (SSSR count). The van der Waals surface area contributed by atoms with Crippen LogP contribution in [0.1, 0.15) is 6.92 Å². The van der Waals surface area contributed by atoms with Crippen LogP contribution in [0.15, 0.2) is 18.2 Å². The summed E-state index contributed by atoms with van der Waals surface area (Å²) < 4.78 is 13.1. The summed E-state index contributed by atoms with van der Waals surface area (Å²) in [6, 6.07) is 3.63. The van der Waals surface area contributed by atoms with Crippen LogP contribution in [-0.4, -0.2) is 23.0 Å². The molecule has 16 heavy (non-hydrogen) atoms. The number of nitrogens with one attached hydrogen (secondary N) is 1. The third-order valence-electron chi connectivity index (χ3n) is 1.92. The molecule has 0 aromatic heterocycles. The Morgan fingerprint density at radius 2 is 2.25 bits per heavy atom. The van der Waals surface area contributed by atoms with Crippen LogP contribution in [0, 0.1) is 15.9 Å². The average Bonchev–Trinajstić information content (AvgIpc) is 2.16. The summed E-state index contributed by atoms with van der Waals surface area (Å²) in [4.78, 5) is 9.92. The van der Waals surface area contributed by atoms with E-state index in [1.165, 1.54) is 12.1 Å². The fraction of sp³-hybridized carbons (Fsp3) is 0.400. The van der Waals surface area contributed by atoms with Gasteiger partial charge >= 0.3 is 0 Å². The summed E-state index contributed by atoms with van der Waals surface area (Å²) in [5, 5.41) is 13.5. The molecule has 1 N–H and O–H groups in total. The van der Waals surface area contributed by atoms with Crippen molar-refractivity contribution in [3.63, 3.8) is 0 Å². The predicted octanol–water partition coefficient (Wildman–Crippen LogP) is 2.90. The summed E-state index contributed by atoms with van der Waals surface area (Å²) in [6.07, 6.45) is 1.96. The first-order valence-electron chi connectivity index (χ1n) is 4.73. The molecule has 0 heterocycles. The standard InChI is InChI=1S/C10H13FN2O2S/c1-7(6-16-2)12-9-3-8(11)4-10(5-9)13(14)15/h3-5,7,12H,6H2,1-2H3. The minimum absolute atomic E-state index is 0.136. The number of nitro groups is 1. The molecule has 88 valence electrons. The van der Waals surface area contributed by atoms with Gasteiger partial charge in [-0.1, -0.05) is 0 Å². The molecule has 0 radical (unpaired) electrons. The minimum Gasteiger partial charge on any atom is -0.381 e. The average molecular weight is 244 g/mol. The number of benzene rings is 1. The van der Waals surface area contributed by atoms with Crippen molar-refractivity contribution in [2.45, 2.75) is 13.0 Å². The lowest BCUT2D eigenvalue weighted by molar-refractivity contribution is -0.385. The second-order valence-corrected chi connectivity index (χ2v) is 4.37. The van der Waals surface area contributed by atoms with Gasteiger partial charge in [-0.15, -0.1) is 0 Å². The molecule has 0 spiro atoms. The third-order valence-corrected chi connectivity index (χ3v) is 2.76. The van der Waals surface area contributed by atoms with Gasteiger partial charge in [-0.05, 0) is 19.2 Å². The van der Waals surface area contributed by atoms with Crippen molar-refractivity contribution in [3.8, 4) is 0 Å².